The monoisotopic (exact) mass is 436 g/mol. The molecule has 1 fully saturated rings. The third-order valence-electron chi connectivity index (χ3n) is 5.97. The fourth-order valence-electron chi connectivity index (χ4n) is 4.39. The largest absolute Gasteiger partial charge is 0.380 e. The van der Waals surface area contributed by atoms with Gasteiger partial charge in [0.25, 0.3) is 11.8 Å². The van der Waals surface area contributed by atoms with Gasteiger partial charge in [0.2, 0.25) is 0 Å². The van der Waals surface area contributed by atoms with Crippen LogP contribution in [0, 0.1) is 0 Å². The minimum Gasteiger partial charge on any atom is -0.380 e. The number of likely N-dealkylation sites (tertiary alicyclic amines) is 1. The first kappa shape index (κ1) is 21.5. The molecule has 1 aromatic heterocycles. The lowest BCUT2D eigenvalue weighted by molar-refractivity contribution is 0.0614. The maximum absolute atomic E-state index is 13.4. The molecule has 0 radical (unpaired) electrons. The standard InChI is InChI=1S/C25H28N2O3S/c1-26-24(28)23-21(20-8-3-4-9-22(20)31-23)15-19-7-5-6-14-27(19)25(29)18-12-10-17(11-13-18)16-30-2/h3-4,8-13,19H,5-7,14-16H2,1-2H3,(H,26,28)/t19-/m1/s1. The van der Waals surface area contributed by atoms with E-state index in [4.69, 9.17) is 4.74 Å². The van der Waals surface area contributed by atoms with Gasteiger partial charge >= 0.3 is 0 Å². The van der Waals surface area contributed by atoms with Crippen LogP contribution in [0.3, 0.4) is 0 Å². The van der Waals surface area contributed by atoms with Crippen LogP contribution in [-0.4, -0.2) is 43.5 Å². The van der Waals surface area contributed by atoms with Crippen molar-refractivity contribution in [3.05, 3.63) is 70.1 Å². The summed E-state index contributed by atoms with van der Waals surface area (Å²) in [4.78, 5) is 28.7. The average Bonchev–Trinajstić information content (AvgIpc) is 3.17. The highest BCUT2D eigenvalue weighted by Gasteiger charge is 2.30. The summed E-state index contributed by atoms with van der Waals surface area (Å²) in [6.45, 7) is 1.29. The highest BCUT2D eigenvalue weighted by Crippen LogP contribution is 2.34. The third kappa shape index (κ3) is 4.50. The maximum Gasteiger partial charge on any atom is 0.261 e. The lowest BCUT2D eigenvalue weighted by Crippen LogP contribution is -2.45. The molecule has 0 saturated carbocycles. The number of amides is 2. The zero-order valence-electron chi connectivity index (χ0n) is 18.0. The van der Waals surface area contributed by atoms with E-state index >= 15 is 0 Å². The van der Waals surface area contributed by atoms with Crippen LogP contribution < -0.4 is 5.32 Å². The Morgan fingerprint density at radius 1 is 1.13 bits per heavy atom. The van der Waals surface area contributed by atoms with Crippen LogP contribution in [0.15, 0.2) is 48.5 Å². The van der Waals surface area contributed by atoms with Gasteiger partial charge in [-0.2, -0.15) is 0 Å². The van der Waals surface area contributed by atoms with Crippen molar-refractivity contribution >= 4 is 33.2 Å². The third-order valence-corrected chi connectivity index (χ3v) is 7.18. The molecular formula is C25H28N2O3S. The zero-order valence-corrected chi connectivity index (χ0v) is 18.8. The molecule has 0 spiro atoms. The van der Waals surface area contributed by atoms with Gasteiger partial charge in [-0.1, -0.05) is 30.3 Å². The Hall–Kier alpha value is -2.70. The number of methoxy groups -OCH3 is 1. The molecule has 3 aromatic rings. The molecule has 1 N–H and O–H groups in total. The van der Waals surface area contributed by atoms with E-state index in [0.717, 1.165) is 51.9 Å². The number of carbonyl (C=O) groups is 2. The minimum atomic E-state index is -0.0568. The van der Waals surface area contributed by atoms with Crippen molar-refractivity contribution in [2.45, 2.75) is 38.3 Å². The van der Waals surface area contributed by atoms with Crippen molar-refractivity contribution < 1.29 is 14.3 Å². The van der Waals surface area contributed by atoms with Crippen molar-refractivity contribution in [1.29, 1.82) is 0 Å². The summed E-state index contributed by atoms with van der Waals surface area (Å²) < 4.78 is 6.28. The molecule has 1 aliphatic heterocycles. The predicted octanol–water partition coefficient (Wildman–Crippen LogP) is 4.64. The second kappa shape index (κ2) is 9.62. The molecule has 4 rings (SSSR count). The average molecular weight is 437 g/mol. The predicted molar refractivity (Wildman–Crippen MR) is 125 cm³/mol. The van der Waals surface area contributed by atoms with E-state index in [1.54, 1.807) is 14.2 Å². The van der Waals surface area contributed by atoms with Crippen molar-refractivity contribution in [1.82, 2.24) is 10.2 Å². The molecule has 2 aromatic carbocycles. The Morgan fingerprint density at radius 2 is 1.90 bits per heavy atom. The highest BCUT2D eigenvalue weighted by molar-refractivity contribution is 7.21. The second-order valence-electron chi connectivity index (χ2n) is 7.97. The molecule has 6 heteroatoms. The number of rotatable bonds is 6. The number of hydrogen-bond donors (Lipinski definition) is 1. The smallest absolute Gasteiger partial charge is 0.261 e. The Labute approximate surface area is 187 Å². The Kier molecular flexibility index (Phi) is 6.68. The summed E-state index contributed by atoms with van der Waals surface area (Å²) in [7, 11) is 3.33. The minimum absolute atomic E-state index is 0.0568. The Morgan fingerprint density at radius 3 is 2.65 bits per heavy atom. The van der Waals surface area contributed by atoms with Crippen LogP contribution in [0.2, 0.25) is 0 Å². The quantitative estimate of drug-likeness (QED) is 0.612. The summed E-state index contributed by atoms with van der Waals surface area (Å²) in [5.74, 6) is 0.00770. The van der Waals surface area contributed by atoms with Gasteiger partial charge < -0.3 is 15.0 Å². The molecule has 2 amide bonds. The molecular weight excluding hydrogens is 408 g/mol. The molecule has 2 heterocycles. The van der Waals surface area contributed by atoms with Crippen molar-refractivity contribution in [3.63, 3.8) is 0 Å². The fourth-order valence-corrected chi connectivity index (χ4v) is 5.57. The van der Waals surface area contributed by atoms with E-state index in [1.165, 1.54) is 11.3 Å². The molecule has 162 valence electrons. The first-order valence-electron chi connectivity index (χ1n) is 10.7. The van der Waals surface area contributed by atoms with Gasteiger partial charge in [-0.15, -0.1) is 11.3 Å². The van der Waals surface area contributed by atoms with Crippen LogP contribution >= 0.6 is 11.3 Å². The number of carbonyl (C=O) groups excluding carboxylic acids is 2. The lowest BCUT2D eigenvalue weighted by Gasteiger charge is -2.36. The van der Waals surface area contributed by atoms with Crippen LogP contribution in [0.1, 0.15) is 50.4 Å². The number of fused-ring (bicyclic) bond motifs is 1. The van der Waals surface area contributed by atoms with Gasteiger partial charge in [-0.25, -0.2) is 0 Å². The number of nitrogens with one attached hydrogen (secondary N) is 1. The molecule has 0 unspecified atom stereocenters. The zero-order chi connectivity index (χ0) is 21.8. The normalized spacial score (nSPS) is 16.5. The van der Waals surface area contributed by atoms with Gasteiger partial charge in [0, 0.05) is 37.0 Å². The molecule has 5 nitrogen and oxygen atoms in total. The van der Waals surface area contributed by atoms with Crippen LogP contribution in [0.5, 0.6) is 0 Å². The summed E-state index contributed by atoms with van der Waals surface area (Å²) in [5, 5.41) is 3.89. The Bertz CT molecular complexity index is 1070. The van der Waals surface area contributed by atoms with Crippen LogP contribution in [0.25, 0.3) is 10.1 Å². The number of nitrogens with zero attached hydrogens (tertiary/aromatic N) is 1. The topological polar surface area (TPSA) is 58.6 Å². The van der Waals surface area contributed by atoms with E-state index in [0.29, 0.717) is 18.6 Å². The molecule has 0 aliphatic carbocycles. The second-order valence-corrected chi connectivity index (χ2v) is 9.02. The van der Waals surface area contributed by atoms with Crippen molar-refractivity contribution in [2.24, 2.45) is 0 Å². The number of hydrogen-bond acceptors (Lipinski definition) is 4. The van der Waals surface area contributed by atoms with Gasteiger partial charge in [-0.05, 0) is 60.4 Å². The first-order valence-corrected chi connectivity index (χ1v) is 11.6. The summed E-state index contributed by atoms with van der Waals surface area (Å²) in [5.41, 5.74) is 2.81. The maximum atomic E-state index is 13.4. The number of benzene rings is 2. The number of ether oxygens (including phenoxy) is 1. The fraction of sp³-hybridized carbons (Fsp3) is 0.360. The summed E-state index contributed by atoms with van der Waals surface area (Å²) in [6.07, 6.45) is 3.75. The summed E-state index contributed by atoms with van der Waals surface area (Å²) in [6, 6.07) is 15.9. The van der Waals surface area contributed by atoms with Crippen molar-refractivity contribution in [2.75, 3.05) is 20.7 Å². The highest BCUT2D eigenvalue weighted by atomic mass is 32.1. The molecule has 1 saturated heterocycles. The lowest BCUT2D eigenvalue weighted by atomic mass is 9.93. The number of thiophene rings is 1. The van der Waals surface area contributed by atoms with Crippen LogP contribution in [0.4, 0.5) is 0 Å². The summed E-state index contributed by atoms with van der Waals surface area (Å²) >= 11 is 1.53. The van der Waals surface area contributed by atoms with E-state index in [1.807, 2.05) is 41.3 Å². The van der Waals surface area contributed by atoms with Gasteiger partial charge in [0.1, 0.15) is 0 Å². The van der Waals surface area contributed by atoms with E-state index in [9.17, 15) is 9.59 Å². The van der Waals surface area contributed by atoms with Crippen molar-refractivity contribution in [3.8, 4) is 0 Å². The van der Waals surface area contributed by atoms with Gasteiger partial charge in [0.05, 0.1) is 11.5 Å². The molecule has 0 bridgehead atoms. The van der Waals surface area contributed by atoms with E-state index in [2.05, 4.69) is 17.4 Å². The molecule has 1 aliphatic rings. The SMILES string of the molecule is CNC(=O)c1sc2ccccc2c1C[C@H]1CCCCN1C(=O)c1ccc(COC)cc1. The van der Waals surface area contributed by atoms with E-state index in [-0.39, 0.29) is 17.9 Å². The van der Waals surface area contributed by atoms with Gasteiger partial charge in [-0.3, -0.25) is 9.59 Å². The van der Waals surface area contributed by atoms with E-state index < -0.39 is 0 Å². The first-order chi connectivity index (χ1) is 15.1. The van der Waals surface area contributed by atoms with Crippen LogP contribution in [-0.2, 0) is 17.8 Å². The molecule has 31 heavy (non-hydrogen) atoms. The molecule has 1 atom stereocenters. The van der Waals surface area contributed by atoms with Gasteiger partial charge in [0.15, 0.2) is 0 Å². The Balaban J connectivity index is 1.63. The number of piperidine rings is 1.